The standard InChI is InChI=1S/C29H27F4N3O4.CH4/c1-18-26(19-9-4-3-5-10-19)27(38)35(16-15-24(34-40-2)20-11-6-7-14-25(20)37)28(39)36(18)17-21-22(29(31,32)33)12-8-13-23(21)30;/h3-14,24,34,37H,15-17H2,1-2H3;1H4. The highest BCUT2D eigenvalue weighted by molar-refractivity contribution is 5.64. The molecule has 11 heteroatoms. The molecule has 0 saturated heterocycles. The van der Waals surface area contributed by atoms with Gasteiger partial charge in [-0.3, -0.25) is 13.9 Å². The van der Waals surface area contributed by atoms with E-state index >= 15 is 0 Å². The number of hydroxylamine groups is 1. The average molecular weight is 574 g/mol. The number of benzene rings is 3. The van der Waals surface area contributed by atoms with E-state index in [4.69, 9.17) is 4.84 Å². The molecule has 41 heavy (non-hydrogen) atoms. The van der Waals surface area contributed by atoms with Gasteiger partial charge < -0.3 is 9.94 Å². The largest absolute Gasteiger partial charge is 0.508 e. The van der Waals surface area contributed by atoms with Gasteiger partial charge in [0, 0.05) is 23.4 Å². The molecule has 1 heterocycles. The van der Waals surface area contributed by atoms with Gasteiger partial charge >= 0.3 is 11.9 Å². The van der Waals surface area contributed by atoms with Crippen molar-refractivity contribution >= 4 is 0 Å². The van der Waals surface area contributed by atoms with Gasteiger partial charge in [0.05, 0.1) is 30.8 Å². The van der Waals surface area contributed by atoms with Gasteiger partial charge in [-0.1, -0.05) is 62.0 Å². The number of halogens is 4. The molecular formula is C30H31F4N3O4. The van der Waals surface area contributed by atoms with Gasteiger partial charge in [0.1, 0.15) is 11.6 Å². The molecule has 0 aliphatic rings. The molecule has 0 aliphatic carbocycles. The number of alkyl halides is 3. The first-order valence-corrected chi connectivity index (χ1v) is 12.3. The van der Waals surface area contributed by atoms with Crippen LogP contribution in [0.4, 0.5) is 17.6 Å². The number of aromatic nitrogens is 2. The Kier molecular flexibility index (Phi) is 9.90. The van der Waals surface area contributed by atoms with Crippen LogP contribution in [0.25, 0.3) is 11.1 Å². The Balaban J connectivity index is 0.00000462. The van der Waals surface area contributed by atoms with Crippen molar-refractivity contribution in [3.63, 3.8) is 0 Å². The molecule has 4 rings (SSSR count). The van der Waals surface area contributed by atoms with Crippen LogP contribution in [0, 0.1) is 12.7 Å². The van der Waals surface area contributed by atoms with Gasteiger partial charge in [-0.15, -0.1) is 0 Å². The van der Waals surface area contributed by atoms with Crippen molar-refractivity contribution in [1.29, 1.82) is 0 Å². The van der Waals surface area contributed by atoms with Crippen LogP contribution in [-0.4, -0.2) is 21.4 Å². The van der Waals surface area contributed by atoms with E-state index in [0.717, 1.165) is 27.3 Å². The predicted molar refractivity (Wildman–Crippen MR) is 148 cm³/mol. The Morgan fingerprint density at radius 3 is 2.24 bits per heavy atom. The SMILES string of the molecule is C.CONC(CCn1c(=O)c(-c2ccccc2)c(C)n(Cc2c(F)cccc2C(F)(F)F)c1=O)c1ccccc1O. The summed E-state index contributed by atoms with van der Waals surface area (Å²) in [5.41, 5.74) is 0.371. The fourth-order valence-electron chi connectivity index (χ4n) is 4.72. The lowest BCUT2D eigenvalue weighted by atomic mass is 10.0. The lowest BCUT2D eigenvalue weighted by Gasteiger charge is -2.22. The van der Waals surface area contributed by atoms with E-state index < -0.39 is 47.0 Å². The van der Waals surface area contributed by atoms with Crippen molar-refractivity contribution in [3.8, 4) is 16.9 Å². The first-order chi connectivity index (χ1) is 19.0. The van der Waals surface area contributed by atoms with Crippen molar-refractivity contribution in [2.45, 2.75) is 46.1 Å². The van der Waals surface area contributed by atoms with E-state index in [1.807, 2.05) is 0 Å². The van der Waals surface area contributed by atoms with Gasteiger partial charge in [0.15, 0.2) is 0 Å². The second-order valence-corrected chi connectivity index (χ2v) is 9.14. The van der Waals surface area contributed by atoms with E-state index in [0.29, 0.717) is 11.1 Å². The number of nitrogens with one attached hydrogen (secondary N) is 1. The Morgan fingerprint density at radius 1 is 0.951 bits per heavy atom. The van der Waals surface area contributed by atoms with Crippen LogP contribution >= 0.6 is 0 Å². The lowest BCUT2D eigenvalue weighted by Crippen LogP contribution is -2.43. The van der Waals surface area contributed by atoms with Gasteiger partial charge in [-0.25, -0.2) is 9.18 Å². The van der Waals surface area contributed by atoms with Crippen molar-refractivity contribution < 1.29 is 27.5 Å². The third-order valence-corrected chi connectivity index (χ3v) is 6.70. The zero-order chi connectivity index (χ0) is 29.0. The monoisotopic (exact) mass is 573 g/mol. The summed E-state index contributed by atoms with van der Waals surface area (Å²) < 4.78 is 57.9. The van der Waals surface area contributed by atoms with Gasteiger partial charge in [0.25, 0.3) is 5.56 Å². The second-order valence-electron chi connectivity index (χ2n) is 9.14. The summed E-state index contributed by atoms with van der Waals surface area (Å²) in [7, 11) is 1.37. The van der Waals surface area contributed by atoms with E-state index in [1.54, 1.807) is 48.5 Å². The minimum Gasteiger partial charge on any atom is -0.508 e. The molecule has 0 radical (unpaired) electrons. The first-order valence-electron chi connectivity index (χ1n) is 12.3. The molecular weight excluding hydrogens is 542 g/mol. The van der Waals surface area contributed by atoms with Crippen LogP contribution in [0.2, 0.25) is 0 Å². The van der Waals surface area contributed by atoms with E-state index in [-0.39, 0.29) is 37.4 Å². The molecule has 0 fully saturated rings. The quantitative estimate of drug-likeness (QED) is 0.195. The highest BCUT2D eigenvalue weighted by Crippen LogP contribution is 2.34. The molecule has 7 nitrogen and oxygen atoms in total. The number of rotatable bonds is 9. The van der Waals surface area contributed by atoms with E-state index in [2.05, 4.69) is 5.48 Å². The first kappa shape index (κ1) is 31.3. The average Bonchev–Trinajstić information content (AvgIpc) is 2.91. The predicted octanol–water partition coefficient (Wildman–Crippen LogP) is 5.82. The third kappa shape index (κ3) is 6.58. The van der Waals surface area contributed by atoms with Crippen molar-refractivity contribution in [3.05, 3.63) is 122 Å². The number of hydrogen-bond acceptors (Lipinski definition) is 5. The van der Waals surface area contributed by atoms with Crippen LogP contribution in [0.15, 0.2) is 82.4 Å². The van der Waals surface area contributed by atoms with Gasteiger partial charge in [-0.05, 0) is 37.1 Å². The Bertz CT molecular complexity index is 1620. The Hall–Kier alpha value is -4.22. The van der Waals surface area contributed by atoms with Gasteiger partial charge in [-0.2, -0.15) is 18.7 Å². The van der Waals surface area contributed by atoms with Crippen molar-refractivity contribution in [1.82, 2.24) is 14.6 Å². The van der Waals surface area contributed by atoms with Crippen LogP contribution in [0.5, 0.6) is 5.75 Å². The molecule has 0 saturated carbocycles. The maximum absolute atomic E-state index is 14.8. The molecule has 218 valence electrons. The molecule has 0 spiro atoms. The summed E-state index contributed by atoms with van der Waals surface area (Å²) in [5, 5.41) is 10.3. The second kappa shape index (κ2) is 13.0. The summed E-state index contributed by atoms with van der Waals surface area (Å²) >= 11 is 0. The minimum absolute atomic E-state index is 0. The van der Waals surface area contributed by atoms with Crippen LogP contribution < -0.4 is 16.7 Å². The summed E-state index contributed by atoms with van der Waals surface area (Å²) in [6.07, 6.45) is -4.77. The Labute approximate surface area is 234 Å². The maximum Gasteiger partial charge on any atom is 0.416 e. The number of hydrogen-bond donors (Lipinski definition) is 2. The van der Waals surface area contributed by atoms with E-state index in [1.165, 1.54) is 20.1 Å². The molecule has 3 aromatic carbocycles. The number of aromatic hydroxyl groups is 1. The smallest absolute Gasteiger partial charge is 0.416 e. The number of phenolic OH excluding ortho intramolecular Hbond substituents is 1. The third-order valence-electron chi connectivity index (χ3n) is 6.70. The highest BCUT2D eigenvalue weighted by Gasteiger charge is 2.35. The zero-order valence-electron chi connectivity index (χ0n) is 21.7. The summed E-state index contributed by atoms with van der Waals surface area (Å²) in [4.78, 5) is 32.4. The molecule has 1 unspecified atom stereocenters. The number of para-hydroxylation sites is 1. The molecule has 4 aromatic rings. The zero-order valence-corrected chi connectivity index (χ0v) is 21.7. The number of phenols is 1. The van der Waals surface area contributed by atoms with Crippen LogP contribution in [-0.2, 0) is 24.1 Å². The summed E-state index contributed by atoms with van der Waals surface area (Å²) in [6.45, 7) is 0.517. The molecule has 0 aliphatic heterocycles. The molecule has 2 N–H and O–H groups in total. The fraction of sp³-hybridized carbons (Fsp3) is 0.267. The van der Waals surface area contributed by atoms with Gasteiger partial charge in [0.2, 0.25) is 0 Å². The molecule has 0 amide bonds. The summed E-state index contributed by atoms with van der Waals surface area (Å²) in [5.74, 6) is -1.15. The molecule has 1 aromatic heterocycles. The van der Waals surface area contributed by atoms with Crippen LogP contribution in [0.1, 0.15) is 42.3 Å². The minimum atomic E-state index is -4.86. The van der Waals surface area contributed by atoms with Crippen LogP contribution in [0.3, 0.4) is 0 Å². The van der Waals surface area contributed by atoms with Crippen molar-refractivity contribution in [2.75, 3.05) is 7.11 Å². The normalized spacial score (nSPS) is 12.1. The lowest BCUT2D eigenvalue weighted by molar-refractivity contribution is -0.138. The summed E-state index contributed by atoms with van der Waals surface area (Å²) in [6, 6.07) is 16.8. The Morgan fingerprint density at radius 2 is 1.61 bits per heavy atom. The van der Waals surface area contributed by atoms with E-state index in [9.17, 15) is 32.3 Å². The molecule has 1 atom stereocenters. The molecule has 0 bridgehead atoms. The fourth-order valence-corrected chi connectivity index (χ4v) is 4.72. The topological polar surface area (TPSA) is 85.5 Å². The van der Waals surface area contributed by atoms with Crippen molar-refractivity contribution in [2.24, 2.45) is 0 Å². The highest BCUT2D eigenvalue weighted by atomic mass is 19.4. The number of nitrogens with zero attached hydrogens (tertiary/aromatic N) is 2. The maximum atomic E-state index is 14.8.